The molecular weight excluding hydrogens is 361 g/mol. The molecule has 4 heteroatoms. The Kier molecular flexibility index (Phi) is 5.51. The van der Waals surface area contributed by atoms with E-state index in [2.05, 4.69) is 77.3 Å². The molecule has 1 nitrogen and oxygen atoms in total. The molecular formula is C13H18INS2. The maximum absolute atomic E-state index is 6.37. The van der Waals surface area contributed by atoms with Crippen molar-refractivity contribution in [1.82, 2.24) is 0 Å². The molecule has 1 aromatic rings. The Bertz CT molecular complexity index is 355. The summed E-state index contributed by atoms with van der Waals surface area (Å²) in [6, 6.07) is 9.01. The average Bonchev–Trinajstić information content (AvgIpc) is 2.32. The molecule has 0 saturated carbocycles. The molecule has 1 aliphatic heterocycles. The van der Waals surface area contributed by atoms with Gasteiger partial charge in [0, 0.05) is 31.6 Å². The monoisotopic (exact) mass is 379 g/mol. The van der Waals surface area contributed by atoms with Crippen LogP contribution in [0.3, 0.4) is 0 Å². The van der Waals surface area contributed by atoms with Crippen molar-refractivity contribution in [3.05, 3.63) is 33.4 Å². The summed E-state index contributed by atoms with van der Waals surface area (Å²) in [6.07, 6.45) is 0.999. The lowest BCUT2D eigenvalue weighted by molar-refractivity contribution is 0.622. The Hall–Kier alpha value is 0.610. The molecule has 1 aliphatic rings. The maximum atomic E-state index is 6.37. The van der Waals surface area contributed by atoms with Crippen LogP contribution in [0.1, 0.15) is 12.5 Å². The molecule has 1 aromatic carbocycles. The number of thioether (sulfide) groups is 2. The highest BCUT2D eigenvalue weighted by Gasteiger charge is 2.27. The minimum atomic E-state index is 0.280. The van der Waals surface area contributed by atoms with Crippen LogP contribution in [0.5, 0.6) is 0 Å². The molecule has 3 atom stereocenters. The predicted octanol–water partition coefficient (Wildman–Crippen LogP) is 3.40. The van der Waals surface area contributed by atoms with Gasteiger partial charge in [0.25, 0.3) is 0 Å². The smallest absolute Gasteiger partial charge is 0.0318 e. The second-order valence-corrected chi connectivity index (χ2v) is 8.42. The second-order valence-electron chi connectivity index (χ2n) is 4.41. The standard InChI is InChI=1S/C13H18INS2/c1-9-13(17-7-6-16-9)12(15)8-10-2-4-11(14)5-3-10/h2-5,9,12-13H,6-8,15H2,1H3. The Morgan fingerprint density at radius 1 is 1.29 bits per heavy atom. The highest BCUT2D eigenvalue weighted by Crippen LogP contribution is 2.33. The molecule has 1 saturated heterocycles. The molecule has 0 amide bonds. The van der Waals surface area contributed by atoms with Gasteiger partial charge in [0.2, 0.25) is 0 Å². The molecule has 0 spiro atoms. The Morgan fingerprint density at radius 3 is 2.59 bits per heavy atom. The van der Waals surface area contributed by atoms with Gasteiger partial charge in [-0.15, -0.1) is 0 Å². The highest BCUT2D eigenvalue weighted by atomic mass is 127. The van der Waals surface area contributed by atoms with Crippen molar-refractivity contribution >= 4 is 46.1 Å². The first-order valence-corrected chi connectivity index (χ1v) is 9.07. The SMILES string of the molecule is CC1SCCSC1C(N)Cc1ccc(I)cc1. The Labute approximate surface area is 126 Å². The van der Waals surface area contributed by atoms with Crippen LogP contribution < -0.4 is 5.73 Å². The zero-order valence-electron chi connectivity index (χ0n) is 9.93. The quantitative estimate of drug-likeness (QED) is 0.816. The topological polar surface area (TPSA) is 26.0 Å². The number of hydrogen-bond acceptors (Lipinski definition) is 3. The lowest BCUT2D eigenvalue weighted by atomic mass is 10.0. The van der Waals surface area contributed by atoms with Gasteiger partial charge in [-0.05, 0) is 46.7 Å². The summed E-state index contributed by atoms with van der Waals surface area (Å²) in [5, 5.41) is 1.29. The van der Waals surface area contributed by atoms with E-state index in [1.807, 2.05) is 0 Å². The number of halogens is 1. The van der Waals surface area contributed by atoms with E-state index in [0.29, 0.717) is 10.5 Å². The summed E-state index contributed by atoms with van der Waals surface area (Å²) >= 11 is 6.46. The summed E-state index contributed by atoms with van der Waals surface area (Å²) in [5.41, 5.74) is 7.74. The number of rotatable bonds is 3. The first-order chi connectivity index (χ1) is 8.16. The van der Waals surface area contributed by atoms with Gasteiger partial charge in [-0.1, -0.05) is 19.1 Å². The lowest BCUT2D eigenvalue weighted by Crippen LogP contribution is -2.42. The van der Waals surface area contributed by atoms with Gasteiger partial charge >= 0.3 is 0 Å². The van der Waals surface area contributed by atoms with Crippen LogP contribution in [0, 0.1) is 3.57 Å². The molecule has 94 valence electrons. The fourth-order valence-electron chi connectivity index (χ4n) is 2.13. The fourth-order valence-corrected chi connectivity index (χ4v) is 5.38. The molecule has 0 aliphatic carbocycles. The van der Waals surface area contributed by atoms with Crippen molar-refractivity contribution in [2.24, 2.45) is 5.73 Å². The van der Waals surface area contributed by atoms with Crippen molar-refractivity contribution < 1.29 is 0 Å². The van der Waals surface area contributed by atoms with E-state index in [4.69, 9.17) is 5.73 Å². The Balaban J connectivity index is 1.95. The van der Waals surface area contributed by atoms with Crippen LogP contribution >= 0.6 is 46.1 Å². The van der Waals surface area contributed by atoms with Crippen LogP contribution in [-0.4, -0.2) is 28.0 Å². The first-order valence-electron chi connectivity index (χ1n) is 5.90. The van der Waals surface area contributed by atoms with Crippen LogP contribution in [0.25, 0.3) is 0 Å². The maximum Gasteiger partial charge on any atom is 0.0318 e. The third-order valence-electron chi connectivity index (χ3n) is 3.04. The molecule has 3 unspecified atom stereocenters. The van der Waals surface area contributed by atoms with E-state index < -0.39 is 0 Å². The van der Waals surface area contributed by atoms with Gasteiger partial charge in [0.1, 0.15) is 0 Å². The first kappa shape index (κ1) is 14.0. The van der Waals surface area contributed by atoms with Crippen molar-refractivity contribution in [3.63, 3.8) is 0 Å². The van der Waals surface area contributed by atoms with Gasteiger partial charge in [0.15, 0.2) is 0 Å². The summed E-state index contributed by atoms with van der Waals surface area (Å²) in [6.45, 7) is 2.31. The van der Waals surface area contributed by atoms with Gasteiger partial charge < -0.3 is 5.73 Å². The zero-order valence-corrected chi connectivity index (χ0v) is 13.7. The predicted molar refractivity (Wildman–Crippen MR) is 89.0 cm³/mol. The van der Waals surface area contributed by atoms with E-state index >= 15 is 0 Å². The van der Waals surface area contributed by atoms with Crippen molar-refractivity contribution in [3.8, 4) is 0 Å². The highest BCUT2D eigenvalue weighted by molar-refractivity contribution is 14.1. The zero-order chi connectivity index (χ0) is 12.3. The van der Waals surface area contributed by atoms with Gasteiger partial charge in [-0.2, -0.15) is 23.5 Å². The van der Waals surface area contributed by atoms with Crippen molar-refractivity contribution in [2.45, 2.75) is 29.9 Å². The molecule has 1 heterocycles. The third kappa shape index (κ3) is 4.04. The largest absolute Gasteiger partial charge is 0.326 e. The molecule has 17 heavy (non-hydrogen) atoms. The van der Waals surface area contributed by atoms with Gasteiger partial charge in [-0.25, -0.2) is 0 Å². The lowest BCUT2D eigenvalue weighted by Gasteiger charge is -2.32. The molecule has 2 N–H and O–H groups in total. The molecule has 0 radical (unpaired) electrons. The van der Waals surface area contributed by atoms with E-state index in [1.54, 1.807) is 0 Å². The van der Waals surface area contributed by atoms with Crippen LogP contribution in [0.2, 0.25) is 0 Å². The second kappa shape index (κ2) is 6.68. The summed E-state index contributed by atoms with van der Waals surface area (Å²) in [7, 11) is 0. The van der Waals surface area contributed by atoms with Crippen molar-refractivity contribution in [2.75, 3.05) is 11.5 Å². The van der Waals surface area contributed by atoms with Crippen LogP contribution in [-0.2, 0) is 6.42 Å². The van der Waals surface area contributed by atoms with Crippen LogP contribution in [0.4, 0.5) is 0 Å². The normalized spacial score (nSPS) is 26.8. The average molecular weight is 379 g/mol. The van der Waals surface area contributed by atoms with Crippen molar-refractivity contribution in [1.29, 1.82) is 0 Å². The Morgan fingerprint density at radius 2 is 1.94 bits per heavy atom. The van der Waals surface area contributed by atoms with E-state index in [1.165, 1.54) is 20.6 Å². The van der Waals surface area contributed by atoms with Crippen LogP contribution in [0.15, 0.2) is 24.3 Å². The number of nitrogens with two attached hydrogens (primary N) is 1. The summed E-state index contributed by atoms with van der Waals surface area (Å²) in [5.74, 6) is 2.53. The number of benzene rings is 1. The third-order valence-corrected chi connectivity index (χ3v) is 7.03. The summed E-state index contributed by atoms with van der Waals surface area (Å²) < 4.78 is 1.29. The van der Waals surface area contributed by atoms with Gasteiger partial charge in [0.05, 0.1) is 0 Å². The van der Waals surface area contributed by atoms with E-state index in [0.717, 1.165) is 6.42 Å². The van der Waals surface area contributed by atoms with E-state index in [-0.39, 0.29) is 6.04 Å². The molecule has 2 rings (SSSR count). The van der Waals surface area contributed by atoms with Gasteiger partial charge in [-0.3, -0.25) is 0 Å². The molecule has 1 fully saturated rings. The number of hydrogen-bond donors (Lipinski definition) is 1. The minimum Gasteiger partial charge on any atom is -0.326 e. The minimum absolute atomic E-state index is 0.280. The fraction of sp³-hybridized carbons (Fsp3) is 0.538. The van der Waals surface area contributed by atoms with E-state index in [9.17, 15) is 0 Å². The molecule has 0 aromatic heterocycles. The summed E-state index contributed by atoms with van der Waals surface area (Å²) in [4.78, 5) is 0. The molecule has 0 bridgehead atoms.